The van der Waals surface area contributed by atoms with Gasteiger partial charge in [0, 0.05) is 5.56 Å². The van der Waals surface area contributed by atoms with Crippen LogP contribution in [0.4, 0.5) is 13.2 Å². The summed E-state index contributed by atoms with van der Waals surface area (Å²) in [4.78, 5) is 14.3. The van der Waals surface area contributed by atoms with Crippen molar-refractivity contribution in [2.45, 2.75) is 12.8 Å². The maximum absolute atomic E-state index is 12.5. The van der Waals surface area contributed by atoms with Crippen LogP contribution in [0.1, 0.15) is 21.8 Å². The van der Waals surface area contributed by atoms with E-state index in [-0.39, 0.29) is 23.7 Å². The molecule has 0 saturated heterocycles. The number of aromatic nitrogens is 2. The van der Waals surface area contributed by atoms with Gasteiger partial charge < -0.3 is 19.5 Å². The molecule has 0 aliphatic carbocycles. The number of ether oxygens (including phenoxy) is 1. The predicted molar refractivity (Wildman–Crippen MR) is 84.1 cm³/mol. The number of phenols is 1. The number of aromatic hydroxyl groups is 1. The third kappa shape index (κ3) is 4.17. The summed E-state index contributed by atoms with van der Waals surface area (Å²) in [7, 11) is 0. The van der Waals surface area contributed by atoms with Crippen molar-refractivity contribution in [3.63, 3.8) is 0 Å². The number of hydrogen-bond donors (Lipinski definition) is 2. The third-order valence-corrected chi connectivity index (χ3v) is 3.46. The average Bonchev–Trinajstić information content (AvgIpc) is 3.11. The number of carboxylic acid groups (broad SMARTS) is 1. The fourth-order valence-corrected chi connectivity index (χ4v) is 2.20. The summed E-state index contributed by atoms with van der Waals surface area (Å²) < 4.78 is 47.3. The van der Waals surface area contributed by atoms with Crippen molar-refractivity contribution >= 4 is 5.97 Å². The van der Waals surface area contributed by atoms with Gasteiger partial charge in [0.05, 0.1) is 0 Å². The van der Waals surface area contributed by atoms with Crippen LogP contribution in [0, 0.1) is 0 Å². The molecule has 0 aliphatic heterocycles. The van der Waals surface area contributed by atoms with E-state index in [2.05, 4.69) is 14.7 Å². The van der Waals surface area contributed by atoms with Gasteiger partial charge in [-0.05, 0) is 29.8 Å². The Kier molecular flexibility index (Phi) is 4.72. The largest absolute Gasteiger partial charge is 0.507 e. The molecule has 2 aromatic carbocycles. The van der Waals surface area contributed by atoms with Gasteiger partial charge in [-0.3, -0.25) is 0 Å². The molecule has 140 valence electrons. The number of carbonyl (C=O) groups is 1. The lowest BCUT2D eigenvalue weighted by Crippen LogP contribution is -2.04. The minimum absolute atomic E-state index is 0.00164. The third-order valence-electron chi connectivity index (χ3n) is 3.46. The molecule has 0 aliphatic rings. The first-order chi connectivity index (χ1) is 12.7. The maximum Gasteiger partial charge on any atom is 0.471 e. The van der Waals surface area contributed by atoms with Crippen LogP contribution < -0.4 is 4.74 Å². The van der Waals surface area contributed by atoms with Crippen LogP contribution in [0.3, 0.4) is 0 Å². The molecule has 10 heteroatoms. The van der Waals surface area contributed by atoms with E-state index >= 15 is 0 Å². The van der Waals surface area contributed by atoms with Gasteiger partial charge >= 0.3 is 18.0 Å². The van der Waals surface area contributed by atoms with Crippen LogP contribution in [0.5, 0.6) is 11.5 Å². The zero-order chi connectivity index (χ0) is 19.6. The van der Waals surface area contributed by atoms with E-state index in [0.717, 1.165) is 6.07 Å². The van der Waals surface area contributed by atoms with Crippen LogP contribution in [-0.4, -0.2) is 26.3 Å². The van der Waals surface area contributed by atoms with E-state index < -0.39 is 23.8 Å². The molecule has 0 saturated carbocycles. The van der Waals surface area contributed by atoms with Crippen LogP contribution >= 0.6 is 0 Å². The quantitative estimate of drug-likeness (QED) is 0.695. The van der Waals surface area contributed by atoms with E-state index in [9.17, 15) is 23.1 Å². The average molecular weight is 380 g/mol. The summed E-state index contributed by atoms with van der Waals surface area (Å²) in [5.41, 5.74) is 0.566. The van der Waals surface area contributed by atoms with Gasteiger partial charge in [0.2, 0.25) is 5.82 Å². The summed E-state index contributed by atoms with van der Waals surface area (Å²) in [6.07, 6.45) is -4.73. The molecule has 0 spiro atoms. The lowest BCUT2D eigenvalue weighted by molar-refractivity contribution is -0.159. The Morgan fingerprint density at radius 3 is 2.63 bits per heavy atom. The van der Waals surface area contributed by atoms with E-state index in [0.29, 0.717) is 11.1 Å². The van der Waals surface area contributed by atoms with Crippen molar-refractivity contribution in [2.75, 3.05) is 0 Å². The molecule has 0 bridgehead atoms. The summed E-state index contributed by atoms with van der Waals surface area (Å²) in [5.74, 6) is -3.16. The van der Waals surface area contributed by atoms with Gasteiger partial charge in [-0.1, -0.05) is 23.4 Å². The first kappa shape index (κ1) is 18.2. The zero-order valence-electron chi connectivity index (χ0n) is 13.4. The van der Waals surface area contributed by atoms with E-state index in [1.807, 2.05) is 0 Å². The second-order valence-corrected chi connectivity index (χ2v) is 5.39. The molecule has 1 aromatic heterocycles. The Hall–Kier alpha value is -3.56. The fourth-order valence-electron chi connectivity index (χ4n) is 2.20. The first-order valence-corrected chi connectivity index (χ1v) is 7.43. The standard InChI is InChI=1S/C17H11F3N2O5/c18-17(19,20)16-21-14(22-27-16)10-3-1-2-9(6-10)8-26-11-4-5-13(23)12(7-11)15(24)25/h1-7,23H,8H2,(H,24,25). The van der Waals surface area contributed by atoms with Crippen LogP contribution in [0.25, 0.3) is 11.4 Å². The monoisotopic (exact) mass is 380 g/mol. The van der Waals surface area contributed by atoms with Crippen molar-refractivity contribution in [3.05, 3.63) is 59.5 Å². The summed E-state index contributed by atoms with van der Waals surface area (Å²) in [6, 6.07) is 10.0. The number of benzene rings is 2. The van der Waals surface area contributed by atoms with Crippen molar-refractivity contribution in [1.29, 1.82) is 0 Å². The SMILES string of the molecule is O=C(O)c1cc(OCc2cccc(-c3noc(C(F)(F)F)n3)c2)ccc1O. The topological polar surface area (TPSA) is 106 Å². The summed E-state index contributed by atoms with van der Waals surface area (Å²) in [6.45, 7) is 0.00164. The highest BCUT2D eigenvalue weighted by Gasteiger charge is 2.38. The second-order valence-electron chi connectivity index (χ2n) is 5.39. The fraction of sp³-hybridized carbons (Fsp3) is 0.118. The minimum atomic E-state index is -4.73. The molecular formula is C17H11F3N2O5. The molecular weight excluding hydrogens is 369 g/mol. The lowest BCUT2D eigenvalue weighted by Gasteiger charge is -2.08. The zero-order valence-corrected chi connectivity index (χ0v) is 13.4. The number of alkyl halides is 3. The van der Waals surface area contributed by atoms with E-state index in [1.54, 1.807) is 12.1 Å². The van der Waals surface area contributed by atoms with E-state index in [4.69, 9.17) is 9.84 Å². The molecule has 7 nitrogen and oxygen atoms in total. The molecule has 0 amide bonds. The highest BCUT2D eigenvalue weighted by molar-refractivity contribution is 5.91. The molecule has 0 atom stereocenters. The van der Waals surface area contributed by atoms with Gasteiger partial charge in [-0.2, -0.15) is 18.2 Å². The van der Waals surface area contributed by atoms with E-state index in [1.165, 1.54) is 24.3 Å². The Labute approximate surface area is 149 Å². The smallest absolute Gasteiger partial charge is 0.471 e. The number of hydrogen-bond acceptors (Lipinski definition) is 6. The predicted octanol–water partition coefficient (Wildman–Crippen LogP) is 3.74. The number of carboxylic acids is 1. The molecule has 3 rings (SSSR count). The van der Waals surface area contributed by atoms with Gasteiger partial charge in [0.25, 0.3) is 0 Å². The van der Waals surface area contributed by atoms with Gasteiger partial charge in [0.1, 0.15) is 23.7 Å². The number of nitrogens with zero attached hydrogens (tertiary/aromatic N) is 2. The highest BCUT2D eigenvalue weighted by atomic mass is 19.4. The van der Waals surface area contributed by atoms with Crippen molar-refractivity contribution in [1.82, 2.24) is 10.1 Å². The maximum atomic E-state index is 12.5. The van der Waals surface area contributed by atoms with Crippen molar-refractivity contribution in [2.24, 2.45) is 0 Å². The van der Waals surface area contributed by atoms with Gasteiger partial charge in [0.15, 0.2) is 0 Å². The Morgan fingerprint density at radius 1 is 1.19 bits per heavy atom. The Balaban J connectivity index is 1.76. The lowest BCUT2D eigenvalue weighted by atomic mass is 10.1. The number of halogens is 3. The van der Waals surface area contributed by atoms with Gasteiger partial charge in [-0.15, -0.1) is 0 Å². The van der Waals surface area contributed by atoms with Crippen LogP contribution in [0.2, 0.25) is 0 Å². The Morgan fingerprint density at radius 2 is 1.96 bits per heavy atom. The van der Waals surface area contributed by atoms with Crippen LogP contribution in [-0.2, 0) is 12.8 Å². The molecule has 3 aromatic rings. The van der Waals surface area contributed by atoms with Gasteiger partial charge in [-0.25, -0.2) is 4.79 Å². The molecule has 0 unspecified atom stereocenters. The highest BCUT2D eigenvalue weighted by Crippen LogP contribution is 2.29. The molecule has 0 fully saturated rings. The number of aromatic carboxylic acids is 1. The summed E-state index contributed by atoms with van der Waals surface area (Å²) >= 11 is 0. The minimum Gasteiger partial charge on any atom is -0.507 e. The summed E-state index contributed by atoms with van der Waals surface area (Å²) in [5, 5.41) is 21.8. The van der Waals surface area contributed by atoms with Crippen LogP contribution in [0.15, 0.2) is 47.0 Å². The Bertz CT molecular complexity index is 985. The molecule has 1 heterocycles. The van der Waals surface area contributed by atoms with Crippen molar-refractivity contribution in [3.8, 4) is 22.9 Å². The number of rotatable bonds is 5. The molecule has 2 N–H and O–H groups in total. The second kappa shape index (κ2) is 6.98. The van der Waals surface area contributed by atoms with Crippen molar-refractivity contribution < 1.29 is 37.4 Å². The normalized spacial score (nSPS) is 11.4. The molecule has 27 heavy (non-hydrogen) atoms. The first-order valence-electron chi connectivity index (χ1n) is 7.43. The molecule has 0 radical (unpaired) electrons.